The molecule has 0 heterocycles. The van der Waals surface area contributed by atoms with Crippen molar-refractivity contribution in [1.82, 2.24) is 10.6 Å². The molecule has 0 bridgehead atoms. The second-order valence-corrected chi connectivity index (χ2v) is 7.44. The van der Waals surface area contributed by atoms with Crippen molar-refractivity contribution in [2.75, 3.05) is 6.61 Å². The number of hydrogen-bond acceptors (Lipinski definition) is 3. The van der Waals surface area contributed by atoms with Gasteiger partial charge in [-0.15, -0.1) is 0 Å². The molecule has 1 aromatic carbocycles. The van der Waals surface area contributed by atoms with Gasteiger partial charge in [0, 0.05) is 6.04 Å². The van der Waals surface area contributed by atoms with E-state index in [1.165, 1.54) is 0 Å². The monoisotopic (exact) mass is 348 g/mol. The predicted molar refractivity (Wildman–Crippen MR) is 99.7 cm³/mol. The molecule has 1 atom stereocenters. The van der Waals surface area contributed by atoms with Crippen LogP contribution in [-0.4, -0.2) is 29.9 Å². The second kappa shape index (κ2) is 9.66. The van der Waals surface area contributed by atoms with Crippen LogP contribution in [0.25, 0.3) is 0 Å². The molecule has 1 aliphatic carbocycles. The number of ether oxygens (including phenoxy) is 1. The summed E-state index contributed by atoms with van der Waals surface area (Å²) in [6, 6.07) is 7.83. The summed E-state index contributed by atoms with van der Waals surface area (Å²) in [6.07, 6.45) is 4.04. The lowest BCUT2D eigenvalue weighted by Gasteiger charge is -2.27. The zero-order chi connectivity index (χ0) is 18.2. The summed E-state index contributed by atoms with van der Waals surface area (Å²) >= 11 is 0. The SMILES string of the molecule is CC(C)CCOc1ccc(C(C)NC(=O)NC2CCC(O)CC2)cc1. The van der Waals surface area contributed by atoms with Crippen LogP contribution in [0.15, 0.2) is 24.3 Å². The van der Waals surface area contributed by atoms with E-state index < -0.39 is 0 Å². The fraction of sp³-hybridized carbons (Fsp3) is 0.650. The van der Waals surface area contributed by atoms with Crippen molar-refractivity contribution >= 4 is 6.03 Å². The van der Waals surface area contributed by atoms with Gasteiger partial charge in [0.2, 0.25) is 0 Å². The van der Waals surface area contributed by atoms with Gasteiger partial charge >= 0.3 is 6.03 Å². The summed E-state index contributed by atoms with van der Waals surface area (Å²) in [5.74, 6) is 1.50. The van der Waals surface area contributed by atoms with E-state index in [-0.39, 0.29) is 24.2 Å². The van der Waals surface area contributed by atoms with Crippen molar-refractivity contribution in [2.45, 2.75) is 71.1 Å². The van der Waals surface area contributed by atoms with Crippen molar-refractivity contribution < 1.29 is 14.6 Å². The summed E-state index contributed by atoms with van der Waals surface area (Å²) in [5, 5.41) is 15.5. The van der Waals surface area contributed by atoms with Gasteiger partial charge in [-0.25, -0.2) is 4.79 Å². The molecule has 0 radical (unpaired) electrons. The normalized spacial score (nSPS) is 21.6. The van der Waals surface area contributed by atoms with Crippen LogP contribution in [0.1, 0.15) is 64.5 Å². The van der Waals surface area contributed by atoms with Crippen LogP contribution in [0.4, 0.5) is 4.79 Å². The van der Waals surface area contributed by atoms with E-state index in [9.17, 15) is 9.90 Å². The Bertz CT molecular complexity index is 522. The molecule has 2 amide bonds. The van der Waals surface area contributed by atoms with E-state index in [2.05, 4.69) is 24.5 Å². The third-order valence-electron chi connectivity index (χ3n) is 4.72. The lowest BCUT2D eigenvalue weighted by molar-refractivity contribution is 0.117. The second-order valence-electron chi connectivity index (χ2n) is 7.44. The minimum atomic E-state index is -0.207. The van der Waals surface area contributed by atoms with Crippen LogP contribution in [0, 0.1) is 5.92 Å². The Morgan fingerprint density at radius 1 is 1.16 bits per heavy atom. The van der Waals surface area contributed by atoms with E-state index in [0.29, 0.717) is 5.92 Å². The maximum Gasteiger partial charge on any atom is 0.315 e. The predicted octanol–water partition coefficient (Wildman–Crippen LogP) is 3.78. The van der Waals surface area contributed by atoms with Gasteiger partial charge in [-0.05, 0) is 62.6 Å². The van der Waals surface area contributed by atoms with Crippen molar-refractivity contribution in [3.05, 3.63) is 29.8 Å². The minimum absolute atomic E-state index is 0.0705. The number of carbonyl (C=O) groups excluding carboxylic acids is 1. The lowest BCUT2D eigenvalue weighted by Crippen LogP contribution is -2.44. The third-order valence-corrected chi connectivity index (χ3v) is 4.72. The summed E-state index contributed by atoms with van der Waals surface area (Å²) < 4.78 is 5.72. The highest BCUT2D eigenvalue weighted by Crippen LogP contribution is 2.20. The number of hydrogen-bond donors (Lipinski definition) is 3. The Morgan fingerprint density at radius 2 is 1.80 bits per heavy atom. The first-order valence-corrected chi connectivity index (χ1v) is 9.42. The highest BCUT2D eigenvalue weighted by atomic mass is 16.5. The molecule has 0 saturated heterocycles. The summed E-state index contributed by atoms with van der Waals surface area (Å²) in [5.41, 5.74) is 1.05. The van der Waals surface area contributed by atoms with Gasteiger partial charge in [0.15, 0.2) is 0 Å². The third kappa shape index (κ3) is 6.94. The fourth-order valence-corrected chi connectivity index (χ4v) is 2.99. The molecule has 1 saturated carbocycles. The molecule has 2 rings (SSSR count). The van der Waals surface area contributed by atoms with Crippen molar-refractivity contribution in [2.24, 2.45) is 5.92 Å². The molecule has 1 fully saturated rings. The Labute approximate surface area is 151 Å². The molecule has 1 aromatic rings. The summed E-state index contributed by atoms with van der Waals surface area (Å²) in [4.78, 5) is 12.1. The molecule has 140 valence electrons. The van der Waals surface area contributed by atoms with Gasteiger partial charge in [0.05, 0.1) is 18.8 Å². The number of aliphatic hydroxyl groups is 1. The summed E-state index contributed by atoms with van der Waals surface area (Å²) in [7, 11) is 0. The minimum Gasteiger partial charge on any atom is -0.494 e. The fourth-order valence-electron chi connectivity index (χ4n) is 2.99. The van der Waals surface area contributed by atoms with Crippen LogP contribution in [0.3, 0.4) is 0 Å². The number of benzene rings is 1. The van der Waals surface area contributed by atoms with Gasteiger partial charge in [-0.3, -0.25) is 0 Å². The molecule has 5 heteroatoms. The number of urea groups is 1. The quantitative estimate of drug-likeness (QED) is 0.702. The first kappa shape index (κ1) is 19.6. The highest BCUT2D eigenvalue weighted by molar-refractivity contribution is 5.74. The van der Waals surface area contributed by atoms with Crippen molar-refractivity contribution in [1.29, 1.82) is 0 Å². The van der Waals surface area contributed by atoms with Crippen molar-refractivity contribution in [3.8, 4) is 5.75 Å². The number of rotatable bonds is 7. The van der Waals surface area contributed by atoms with Gasteiger partial charge in [-0.1, -0.05) is 26.0 Å². The number of carbonyl (C=O) groups is 1. The summed E-state index contributed by atoms with van der Waals surface area (Å²) in [6.45, 7) is 7.06. The first-order chi connectivity index (χ1) is 11.9. The average Bonchev–Trinajstić information content (AvgIpc) is 2.57. The first-order valence-electron chi connectivity index (χ1n) is 9.42. The molecule has 1 aliphatic rings. The maximum absolute atomic E-state index is 12.1. The highest BCUT2D eigenvalue weighted by Gasteiger charge is 2.21. The molecular formula is C20H32N2O3. The van der Waals surface area contributed by atoms with Crippen LogP contribution in [-0.2, 0) is 0 Å². The lowest BCUT2D eigenvalue weighted by atomic mass is 9.93. The number of amides is 2. The Balaban J connectivity index is 1.75. The maximum atomic E-state index is 12.1. The largest absolute Gasteiger partial charge is 0.494 e. The standard InChI is InChI=1S/C20H32N2O3/c1-14(2)12-13-25-19-10-4-16(5-11-19)15(3)21-20(24)22-17-6-8-18(23)9-7-17/h4-5,10-11,14-15,17-18,23H,6-9,12-13H2,1-3H3,(H2,21,22,24). The zero-order valence-electron chi connectivity index (χ0n) is 15.6. The van der Waals surface area contributed by atoms with Gasteiger partial charge in [0.25, 0.3) is 0 Å². The van der Waals surface area contributed by atoms with Crippen LogP contribution in [0.5, 0.6) is 5.75 Å². The van der Waals surface area contributed by atoms with Crippen LogP contribution >= 0.6 is 0 Å². The Kier molecular flexibility index (Phi) is 7.56. The molecule has 0 spiro atoms. The molecule has 5 nitrogen and oxygen atoms in total. The van der Waals surface area contributed by atoms with Gasteiger partial charge < -0.3 is 20.5 Å². The van der Waals surface area contributed by atoms with E-state index >= 15 is 0 Å². The molecule has 1 unspecified atom stereocenters. The Morgan fingerprint density at radius 3 is 2.40 bits per heavy atom. The van der Waals surface area contributed by atoms with Gasteiger partial charge in [-0.2, -0.15) is 0 Å². The number of aliphatic hydroxyl groups excluding tert-OH is 1. The van der Waals surface area contributed by atoms with E-state index in [1.54, 1.807) is 0 Å². The smallest absolute Gasteiger partial charge is 0.315 e. The van der Waals surface area contributed by atoms with Gasteiger partial charge in [0.1, 0.15) is 5.75 Å². The molecule has 0 aliphatic heterocycles. The number of nitrogens with one attached hydrogen (secondary N) is 2. The zero-order valence-corrected chi connectivity index (χ0v) is 15.6. The molecule has 0 aromatic heterocycles. The molecule has 3 N–H and O–H groups in total. The topological polar surface area (TPSA) is 70.6 Å². The van der Waals surface area contributed by atoms with E-state index in [4.69, 9.17) is 4.74 Å². The average molecular weight is 348 g/mol. The Hall–Kier alpha value is -1.75. The molecule has 25 heavy (non-hydrogen) atoms. The van der Waals surface area contributed by atoms with E-state index in [1.807, 2.05) is 31.2 Å². The van der Waals surface area contributed by atoms with E-state index in [0.717, 1.165) is 50.0 Å². The van der Waals surface area contributed by atoms with Crippen molar-refractivity contribution in [3.63, 3.8) is 0 Å². The van der Waals surface area contributed by atoms with Crippen LogP contribution in [0.2, 0.25) is 0 Å². The van der Waals surface area contributed by atoms with Crippen LogP contribution < -0.4 is 15.4 Å². The molecular weight excluding hydrogens is 316 g/mol.